The van der Waals surface area contributed by atoms with Crippen molar-refractivity contribution in [2.75, 3.05) is 13.1 Å². The van der Waals surface area contributed by atoms with Gasteiger partial charge in [0.2, 0.25) is 0 Å². The van der Waals surface area contributed by atoms with Gasteiger partial charge in [0.05, 0.1) is 10.6 Å². The highest BCUT2D eigenvalue weighted by atomic mass is 79.9. The number of thiazole rings is 1. The third-order valence-corrected chi connectivity index (χ3v) is 5.36. The van der Waals surface area contributed by atoms with Crippen molar-refractivity contribution in [3.05, 3.63) is 27.0 Å². The molecule has 0 spiro atoms. The van der Waals surface area contributed by atoms with E-state index in [9.17, 15) is 0 Å². The Bertz CT molecular complexity index is 491. The summed E-state index contributed by atoms with van der Waals surface area (Å²) < 4.78 is 1.14. The number of hydrogen-bond acceptors (Lipinski definition) is 4. The Morgan fingerprint density at radius 2 is 2.22 bits per heavy atom. The molecule has 0 saturated carbocycles. The van der Waals surface area contributed by atoms with Crippen LogP contribution in [-0.2, 0) is 6.42 Å². The van der Waals surface area contributed by atoms with Crippen molar-refractivity contribution in [1.29, 1.82) is 0 Å². The van der Waals surface area contributed by atoms with E-state index in [1.54, 1.807) is 22.7 Å². The first-order chi connectivity index (χ1) is 8.66. The normalized spacial score (nSPS) is 11.3. The minimum Gasteiger partial charge on any atom is -0.316 e. The van der Waals surface area contributed by atoms with Crippen LogP contribution in [0, 0.1) is 5.92 Å². The molecule has 0 fully saturated rings. The largest absolute Gasteiger partial charge is 0.316 e. The SMILES string of the molecule is CC(C)CNCCc1csc(-c2sccc2Br)n1. The Kier molecular flexibility index (Phi) is 5.36. The van der Waals surface area contributed by atoms with E-state index < -0.39 is 0 Å². The van der Waals surface area contributed by atoms with Crippen molar-refractivity contribution >= 4 is 38.6 Å². The molecule has 2 aromatic heterocycles. The van der Waals surface area contributed by atoms with Crippen molar-refractivity contribution in [2.24, 2.45) is 5.92 Å². The van der Waals surface area contributed by atoms with Gasteiger partial charge in [-0.05, 0) is 39.8 Å². The van der Waals surface area contributed by atoms with E-state index in [0.29, 0.717) is 5.92 Å². The van der Waals surface area contributed by atoms with E-state index in [0.717, 1.165) is 29.0 Å². The lowest BCUT2D eigenvalue weighted by atomic mass is 10.2. The number of aromatic nitrogens is 1. The Morgan fingerprint density at radius 1 is 1.39 bits per heavy atom. The highest BCUT2D eigenvalue weighted by molar-refractivity contribution is 9.10. The molecule has 2 rings (SSSR count). The van der Waals surface area contributed by atoms with Gasteiger partial charge in [0.1, 0.15) is 5.01 Å². The molecule has 0 aliphatic heterocycles. The van der Waals surface area contributed by atoms with Crippen LogP contribution in [0.4, 0.5) is 0 Å². The van der Waals surface area contributed by atoms with Crippen molar-refractivity contribution in [3.63, 3.8) is 0 Å². The van der Waals surface area contributed by atoms with E-state index in [1.807, 2.05) is 0 Å². The van der Waals surface area contributed by atoms with E-state index >= 15 is 0 Å². The third-order valence-electron chi connectivity index (χ3n) is 2.47. The first-order valence-corrected chi connectivity index (χ1v) is 8.60. The molecule has 98 valence electrons. The van der Waals surface area contributed by atoms with Crippen LogP contribution in [-0.4, -0.2) is 18.1 Å². The maximum Gasteiger partial charge on any atom is 0.134 e. The fraction of sp³-hybridized carbons (Fsp3) is 0.462. The van der Waals surface area contributed by atoms with Gasteiger partial charge in [-0.2, -0.15) is 0 Å². The Balaban J connectivity index is 1.89. The van der Waals surface area contributed by atoms with Gasteiger partial charge in [0, 0.05) is 22.8 Å². The summed E-state index contributed by atoms with van der Waals surface area (Å²) in [6, 6.07) is 2.07. The second-order valence-corrected chi connectivity index (χ2v) is 7.22. The van der Waals surface area contributed by atoms with E-state index in [2.05, 4.69) is 56.9 Å². The summed E-state index contributed by atoms with van der Waals surface area (Å²) in [7, 11) is 0. The molecule has 0 aromatic carbocycles. The minimum atomic E-state index is 0.707. The predicted octanol–water partition coefficient (Wildman–Crippen LogP) is 4.42. The van der Waals surface area contributed by atoms with Crippen molar-refractivity contribution in [2.45, 2.75) is 20.3 Å². The van der Waals surface area contributed by atoms with Gasteiger partial charge in [-0.25, -0.2) is 4.98 Å². The van der Waals surface area contributed by atoms with Gasteiger partial charge in [-0.1, -0.05) is 13.8 Å². The van der Waals surface area contributed by atoms with E-state index in [-0.39, 0.29) is 0 Å². The monoisotopic (exact) mass is 344 g/mol. The molecule has 2 heterocycles. The molecule has 0 saturated heterocycles. The molecule has 5 heteroatoms. The molecule has 2 nitrogen and oxygen atoms in total. The molecule has 1 N–H and O–H groups in total. The zero-order valence-electron chi connectivity index (χ0n) is 10.6. The molecule has 0 radical (unpaired) electrons. The summed E-state index contributed by atoms with van der Waals surface area (Å²) in [6.07, 6.45) is 1.01. The first-order valence-electron chi connectivity index (χ1n) is 6.05. The minimum absolute atomic E-state index is 0.707. The Labute approximate surface area is 125 Å². The van der Waals surface area contributed by atoms with Crippen LogP contribution in [0.5, 0.6) is 0 Å². The molecule has 0 amide bonds. The second kappa shape index (κ2) is 6.80. The Morgan fingerprint density at radius 3 is 2.89 bits per heavy atom. The number of hydrogen-bond donors (Lipinski definition) is 1. The molecule has 0 bridgehead atoms. The lowest BCUT2D eigenvalue weighted by Crippen LogP contribution is -2.22. The Hall–Kier alpha value is -0.230. The third kappa shape index (κ3) is 3.88. The fourth-order valence-corrected chi connectivity index (χ4v) is 4.25. The average Bonchev–Trinajstić information content (AvgIpc) is 2.92. The van der Waals surface area contributed by atoms with Gasteiger partial charge >= 0.3 is 0 Å². The van der Waals surface area contributed by atoms with Gasteiger partial charge in [-0.15, -0.1) is 22.7 Å². The molecular weight excluding hydrogens is 328 g/mol. The zero-order chi connectivity index (χ0) is 13.0. The molecular formula is C13H17BrN2S2. The number of nitrogens with one attached hydrogen (secondary N) is 1. The van der Waals surface area contributed by atoms with Crippen molar-refractivity contribution in [1.82, 2.24) is 10.3 Å². The molecule has 0 unspecified atom stereocenters. The topological polar surface area (TPSA) is 24.9 Å². The summed E-state index contributed by atoms with van der Waals surface area (Å²) in [4.78, 5) is 5.93. The van der Waals surface area contributed by atoms with Crippen LogP contribution in [0.15, 0.2) is 21.3 Å². The predicted molar refractivity (Wildman–Crippen MR) is 84.5 cm³/mol. The van der Waals surface area contributed by atoms with Crippen LogP contribution < -0.4 is 5.32 Å². The first kappa shape index (κ1) is 14.2. The van der Waals surface area contributed by atoms with Gasteiger partial charge in [0.25, 0.3) is 0 Å². The maximum absolute atomic E-state index is 4.69. The average molecular weight is 345 g/mol. The highest BCUT2D eigenvalue weighted by Gasteiger charge is 2.09. The molecule has 0 aliphatic rings. The van der Waals surface area contributed by atoms with E-state index in [4.69, 9.17) is 0 Å². The van der Waals surface area contributed by atoms with Crippen LogP contribution in [0.25, 0.3) is 9.88 Å². The molecule has 18 heavy (non-hydrogen) atoms. The van der Waals surface area contributed by atoms with Gasteiger partial charge < -0.3 is 5.32 Å². The number of thiophene rings is 1. The summed E-state index contributed by atoms with van der Waals surface area (Å²) in [6.45, 7) is 6.53. The summed E-state index contributed by atoms with van der Waals surface area (Å²) in [5, 5.41) is 8.82. The van der Waals surface area contributed by atoms with Gasteiger partial charge in [0.15, 0.2) is 0 Å². The quantitative estimate of drug-likeness (QED) is 0.784. The lowest BCUT2D eigenvalue weighted by Gasteiger charge is -2.05. The van der Waals surface area contributed by atoms with Crippen molar-refractivity contribution in [3.8, 4) is 9.88 Å². The smallest absolute Gasteiger partial charge is 0.134 e. The van der Waals surface area contributed by atoms with Crippen LogP contribution >= 0.6 is 38.6 Å². The standard InChI is InChI=1S/C13H17BrN2S2/c1-9(2)7-15-5-3-10-8-18-13(16-10)12-11(14)4-6-17-12/h4,6,8-9,15H,3,5,7H2,1-2H3. The van der Waals surface area contributed by atoms with Gasteiger partial charge in [-0.3, -0.25) is 0 Å². The van der Waals surface area contributed by atoms with Crippen LogP contribution in [0.1, 0.15) is 19.5 Å². The zero-order valence-corrected chi connectivity index (χ0v) is 13.8. The molecule has 0 aliphatic carbocycles. The highest BCUT2D eigenvalue weighted by Crippen LogP contribution is 2.35. The summed E-state index contributed by atoms with van der Waals surface area (Å²) in [5.41, 5.74) is 1.19. The molecule has 2 aromatic rings. The molecule has 0 atom stereocenters. The lowest BCUT2D eigenvalue weighted by molar-refractivity contribution is 0.553. The number of halogens is 1. The maximum atomic E-state index is 4.69. The summed E-state index contributed by atoms with van der Waals surface area (Å²) in [5.74, 6) is 0.707. The van der Waals surface area contributed by atoms with Crippen LogP contribution in [0.2, 0.25) is 0 Å². The van der Waals surface area contributed by atoms with E-state index in [1.165, 1.54) is 10.6 Å². The summed E-state index contributed by atoms with van der Waals surface area (Å²) >= 11 is 7.02. The van der Waals surface area contributed by atoms with Crippen molar-refractivity contribution < 1.29 is 0 Å². The fourth-order valence-electron chi connectivity index (χ4n) is 1.58. The van der Waals surface area contributed by atoms with Crippen LogP contribution in [0.3, 0.4) is 0 Å². The number of rotatable bonds is 6. The number of nitrogens with zero attached hydrogens (tertiary/aromatic N) is 1. The second-order valence-electron chi connectivity index (χ2n) is 4.59.